The highest BCUT2D eigenvalue weighted by molar-refractivity contribution is 7.89. The molecule has 0 aliphatic heterocycles. The van der Waals surface area contributed by atoms with Crippen LogP contribution in [0.25, 0.3) is 0 Å². The lowest BCUT2D eigenvalue weighted by Crippen LogP contribution is -2.43. The second-order valence-corrected chi connectivity index (χ2v) is 6.91. The molecule has 0 heterocycles. The lowest BCUT2D eigenvalue weighted by molar-refractivity contribution is 0.433. The van der Waals surface area contributed by atoms with E-state index in [4.69, 9.17) is 0 Å². The van der Waals surface area contributed by atoms with E-state index in [1.54, 1.807) is 27.8 Å². The van der Waals surface area contributed by atoms with E-state index in [-0.39, 0.29) is 6.54 Å². The molecule has 4 nitrogen and oxygen atoms in total. The molecule has 0 spiro atoms. The van der Waals surface area contributed by atoms with Gasteiger partial charge in [0, 0.05) is 12.1 Å². The van der Waals surface area contributed by atoms with Gasteiger partial charge in [0.05, 0.1) is 0 Å². The van der Waals surface area contributed by atoms with Crippen LogP contribution in [0.1, 0.15) is 32.8 Å². The number of hydrogen-bond acceptors (Lipinski definition) is 3. The van der Waals surface area contributed by atoms with E-state index in [0.717, 1.165) is 12.1 Å². The van der Waals surface area contributed by atoms with Crippen LogP contribution in [-0.4, -0.2) is 21.0 Å². The van der Waals surface area contributed by atoms with Crippen molar-refractivity contribution in [1.82, 2.24) is 10.0 Å². The second kappa shape index (κ2) is 6.15. The molecule has 0 fully saturated rings. The van der Waals surface area contributed by atoms with Gasteiger partial charge in [-0.25, -0.2) is 21.9 Å². The SMILES string of the molecule is CCC(C)(C)NS(=O)(=O)c1cc(CNC)cc(F)c1F. The summed E-state index contributed by atoms with van der Waals surface area (Å²) < 4.78 is 54.1. The van der Waals surface area contributed by atoms with Crippen molar-refractivity contribution >= 4 is 10.0 Å². The lowest BCUT2D eigenvalue weighted by atomic mass is 10.0. The summed E-state index contributed by atoms with van der Waals surface area (Å²) in [4.78, 5) is -0.663. The van der Waals surface area contributed by atoms with Gasteiger partial charge < -0.3 is 5.32 Å². The highest BCUT2D eigenvalue weighted by Gasteiger charge is 2.28. The molecule has 0 aliphatic carbocycles. The van der Waals surface area contributed by atoms with Crippen molar-refractivity contribution in [2.45, 2.75) is 44.2 Å². The Balaban J connectivity index is 3.30. The average molecular weight is 306 g/mol. The number of sulfonamides is 1. The van der Waals surface area contributed by atoms with Crippen molar-refractivity contribution in [3.63, 3.8) is 0 Å². The molecule has 0 aromatic heterocycles. The fraction of sp³-hybridized carbons (Fsp3) is 0.538. The van der Waals surface area contributed by atoms with Crippen LogP contribution in [-0.2, 0) is 16.6 Å². The first-order valence-electron chi connectivity index (χ1n) is 6.29. The maximum absolute atomic E-state index is 13.8. The van der Waals surface area contributed by atoms with Gasteiger partial charge in [0.25, 0.3) is 0 Å². The molecular weight excluding hydrogens is 286 g/mol. The van der Waals surface area contributed by atoms with E-state index < -0.39 is 32.1 Å². The predicted octanol–water partition coefficient (Wildman–Crippen LogP) is 2.15. The van der Waals surface area contributed by atoms with E-state index >= 15 is 0 Å². The van der Waals surface area contributed by atoms with E-state index in [0.29, 0.717) is 12.0 Å². The van der Waals surface area contributed by atoms with Gasteiger partial charge in [-0.05, 0) is 45.0 Å². The third-order valence-corrected chi connectivity index (χ3v) is 4.72. The highest BCUT2D eigenvalue weighted by Crippen LogP contribution is 2.22. The minimum atomic E-state index is -4.12. The second-order valence-electron chi connectivity index (χ2n) is 5.26. The maximum Gasteiger partial charge on any atom is 0.244 e. The largest absolute Gasteiger partial charge is 0.316 e. The highest BCUT2D eigenvalue weighted by atomic mass is 32.2. The van der Waals surface area contributed by atoms with Gasteiger partial charge in [0.2, 0.25) is 10.0 Å². The third-order valence-electron chi connectivity index (χ3n) is 3.02. The van der Waals surface area contributed by atoms with Crippen LogP contribution in [0.3, 0.4) is 0 Å². The van der Waals surface area contributed by atoms with Gasteiger partial charge in [-0.3, -0.25) is 0 Å². The van der Waals surface area contributed by atoms with Gasteiger partial charge >= 0.3 is 0 Å². The van der Waals surface area contributed by atoms with Gasteiger partial charge in [0.15, 0.2) is 11.6 Å². The maximum atomic E-state index is 13.8. The number of nitrogens with one attached hydrogen (secondary N) is 2. The van der Waals surface area contributed by atoms with Crippen LogP contribution in [0.4, 0.5) is 8.78 Å². The summed E-state index contributed by atoms with van der Waals surface area (Å²) in [5.41, 5.74) is -0.373. The topological polar surface area (TPSA) is 58.2 Å². The molecule has 0 aliphatic rings. The smallest absolute Gasteiger partial charge is 0.244 e. The first kappa shape index (κ1) is 17.0. The van der Waals surface area contributed by atoms with Gasteiger partial charge in [-0.15, -0.1) is 0 Å². The number of rotatable bonds is 6. The van der Waals surface area contributed by atoms with Crippen molar-refractivity contribution in [3.05, 3.63) is 29.3 Å². The molecule has 1 rings (SSSR count). The third kappa shape index (κ3) is 3.97. The monoisotopic (exact) mass is 306 g/mol. The van der Waals surface area contributed by atoms with Gasteiger partial charge in [0.1, 0.15) is 4.90 Å². The Labute approximate surface area is 118 Å². The quantitative estimate of drug-likeness (QED) is 0.846. The van der Waals surface area contributed by atoms with Crippen LogP contribution in [0.5, 0.6) is 0 Å². The minimum Gasteiger partial charge on any atom is -0.316 e. The molecular formula is C13H20F2N2O2S. The first-order valence-corrected chi connectivity index (χ1v) is 7.78. The molecule has 7 heteroatoms. The Morgan fingerprint density at radius 1 is 1.25 bits per heavy atom. The Morgan fingerprint density at radius 2 is 1.85 bits per heavy atom. The molecule has 1 aromatic carbocycles. The van der Waals surface area contributed by atoms with Gasteiger partial charge in [-0.2, -0.15) is 0 Å². The fourth-order valence-corrected chi connectivity index (χ4v) is 3.23. The predicted molar refractivity (Wildman–Crippen MR) is 73.8 cm³/mol. The summed E-state index contributed by atoms with van der Waals surface area (Å²) in [5.74, 6) is -2.53. The van der Waals surface area contributed by atoms with Crippen molar-refractivity contribution in [2.24, 2.45) is 0 Å². The van der Waals surface area contributed by atoms with Crippen LogP contribution >= 0.6 is 0 Å². The van der Waals surface area contributed by atoms with Gasteiger partial charge in [-0.1, -0.05) is 6.92 Å². The van der Waals surface area contributed by atoms with Crippen LogP contribution in [0.15, 0.2) is 17.0 Å². The molecule has 0 amide bonds. The van der Waals surface area contributed by atoms with Crippen molar-refractivity contribution < 1.29 is 17.2 Å². The number of halogens is 2. The Bertz CT molecular complexity index is 586. The number of benzene rings is 1. The molecule has 0 radical (unpaired) electrons. The summed E-state index contributed by atoms with van der Waals surface area (Å²) in [6, 6.07) is 2.12. The summed E-state index contributed by atoms with van der Waals surface area (Å²) >= 11 is 0. The first-order chi connectivity index (χ1) is 9.13. The van der Waals surface area contributed by atoms with E-state index in [9.17, 15) is 17.2 Å². The zero-order valence-corrected chi connectivity index (χ0v) is 12.9. The van der Waals surface area contributed by atoms with E-state index in [2.05, 4.69) is 10.0 Å². The minimum absolute atomic E-state index is 0.247. The normalized spacial score (nSPS) is 12.7. The zero-order chi connectivity index (χ0) is 15.6. The standard InChI is InChI=1S/C13H20F2N2O2S/c1-5-13(2,3)17-20(18,19)11-7-9(8-16-4)6-10(14)12(11)15/h6-7,16-17H,5,8H2,1-4H3. The molecule has 1 aromatic rings. The lowest BCUT2D eigenvalue weighted by Gasteiger charge is -2.24. The Morgan fingerprint density at radius 3 is 2.35 bits per heavy atom. The summed E-state index contributed by atoms with van der Waals surface area (Å²) in [5, 5.41) is 2.76. The van der Waals surface area contributed by atoms with Crippen LogP contribution in [0, 0.1) is 11.6 Å². The Kier molecular flexibility index (Phi) is 5.23. The molecule has 2 N–H and O–H groups in total. The summed E-state index contributed by atoms with van der Waals surface area (Å²) in [7, 11) is -2.48. The molecule has 0 unspecified atom stereocenters. The molecule has 0 atom stereocenters. The molecule has 0 saturated heterocycles. The molecule has 0 bridgehead atoms. The average Bonchev–Trinajstić information content (AvgIpc) is 2.32. The fourth-order valence-electron chi connectivity index (χ4n) is 1.61. The van der Waals surface area contributed by atoms with E-state index in [1.807, 2.05) is 0 Å². The Hall–Kier alpha value is -1.05. The van der Waals surface area contributed by atoms with Crippen molar-refractivity contribution in [2.75, 3.05) is 7.05 Å². The molecule has 20 heavy (non-hydrogen) atoms. The van der Waals surface area contributed by atoms with Crippen LogP contribution in [0.2, 0.25) is 0 Å². The van der Waals surface area contributed by atoms with Crippen molar-refractivity contribution in [3.8, 4) is 0 Å². The van der Waals surface area contributed by atoms with Crippen molar-refractivity contribution in [1.29, 1.82) is 0 Å². The zero-order valence-electron chi connectivity index (χ0n) is 12.0. The molecule has 114 valence electrons. The summed E-state index contributed by atoms with van der Waals surface area (Å²) in [6.07, 6.45) is 0.520. The number of hydrogen-bond donors (Lipinski definition) is 2. The molecule has 0 saturated carbocycles. The van der Waals surface area contributed by atoms with Crippen LogP contribution < -0.4 is 10.0 Å². The summed E-state index contributed by atoms with van der Waals surface area (Å²) in [6.45, 7) is 5.40. The van der Waals surface area contributed by atoms with E-state index in [1.165, 1.54) is 0 Å².